The zero-order valence-corrected chi connectivity index (χ0v) is 15.5. The van der Waals surface area contributed by atoms with Crippen LogP contribution in [0.15, 0.2) is 59.4 Å². The van der Waals surface area contributed by atoms with Gasteiger partial charge in [-0.05, 0) is 11.6 Å². The lowest BCUT2D eigenvalue weighted by atomic mass is 10.1. The van der Waals surface area contributed by atoms with Crippen LogP contribution in [0.2, 0.25) is 0 Å². The van der Waals surface area contributed by atoms with Gasteiger partial charge in [-0.15, -0.1) is 18.2 Å². The minimum Gasteiger partial charge on any atom is -0.350 e. The smallest absolute Gasteiger partial charge is 0.275 e. The number of thioether (sulfide) groups is 1. The Hall–Kier alpha value is -3.04. The topological polar surface area (TPSA) is 64.0 Å². The summed E-state index contributed by atoms with van der Waals surface area (Å²) in [6, 6.07) is 17.2. The van der Waals surface area contributed by atoms with Crippen LogP contribution in [0.1, 0.15) is 11.3 Å². The molecule has 0 atom stereocenters. The van der Waals surface area contributed by atoms with Crippen LogP contribution >= 0.6 is 11.8 Å². The van der Waals surface area contributed by atoms with Crippen LogP contribution in [0.25, 0.3) is 10.8 Å². The molecule has 1 amide bonds. The van der Waals surface area contributed by atoms with Gasteiger partial charge in [0.15, 0.2) is 0 Å². The van der Waals surface area contributed by atoms with Crippen LogP contribution in [0.4, 0.5) is 0 Å². The van der Waals surface area contributed by atoms with Crippen molar-refractivity contribution >= 4 is 28.4 Å². The van der Waals surface area contributed by atoms with Gasteiger partial charge in [0.2, 0.25) is 5.91 Å². The normalized spacial score (nSPS) is 10.5. The van der Waals surface area contributed by atoms with E-state index in [2.05, 4.69) is 16.3 Å². The van der Waals surface area contributed by atoms with Gasteiger partial charge >= 0.3 is 0 Å². The number of rotatable bonds is 7. The van der Waals surface area contributed by atoms with Crippen molar-refractivity contribution in [2.45, 2.75) is 18.8 Å². The first-order valence-corrected chi connectivity index (χ1v) is 9.65. The summed E-state index contributed by atoms with van der Waals surface area (Å²) in [6.07, 6.45) is 5.33. The second kappa shape index (κ2) is 9.06. The molecule has 0 spiro atoms. The van der Waals surface area contributed by atoms with E-state index in [1.807, 2.05) is 42.5 Å². The third-order valence-corrected chi connectivity index (χ3v) is 4.99. The maximum Gasteiger partial charge on any atom is 0.275 e. The molecule has 136 valence electrons. The Balaban J connectivity index is 1.66. The minimum atomic E-state index is -0.225. The fraction of sp³-hybridized carbons (Fsp3) is 0.190. The van der Waals surface area contributed by atoms with Gasteiger partial charge in [-0.1, -0.05) is 54.5 Å². The first-order valence-electron chi connectivity index (χ1n) is 8.49. The molecular formula is C21H19N3O2S. The number of hydrogen-bond acceptors (Lipinski definition) is 4. The molecular weight excluding hydrogens is 358 g/mol. The third kappa shape index (κ3) is 4.78. The van der Waals surface area contributed by atoms with E-state index in [4.69, 9.17) is 6.42 Å². The molecule has 6 heteroatoms. The lowest BCUT2D eigenvalue weighted by Crippen LogP contribution is -2.29. The average Bonchev–Trinajstić information content (AvgIpc) is 2.70. The standard InChI is InChI=1S/C21H19N3O2S/c1-2-12-24-21(26)18-11-7-6-10-17(18)19(23-24)13-22-20(25)15-27-14-16-8-4-3-5-9-16/h1,3-11H,12-15H2,(H,22,25). The number of nitrogens with zero attached hydrogens (tertiary/aromatic N) is 2. The first-order chi connectivity index (χ1) is 13.2. The van der Waals surface area contributed by atoms with Gasteiger partial charge in [-0.25, -0.2) is 4.68 Å². The molecule has 1 aromatic heterocycles. The minimum absolute atomic E-state index is 0.0727. The average molecular weight is 377 g/mol. The van der Waals surface area contributed by atoms with Gasteiger partial charge in [-0.2, -0.15) is 5.10 Å². The highest BCUT2D eigenvalue weighted by Gasteiger charge is 2.11. The molecule has 0 saturated carbocycles. The fourth-order valence-electron chi connectivity index (χ4n) is 2.70. The summed E-state index contributed by atoms with van der Waals surface area (Å²) in [6.45, 7) is 0.341. The van der Waals surface area contributed by atoms with E-state index in [0.717, 1.165) is 11.1 Å². The Morgan fingerprint density at radius 2 is 1.81 bits per heavy atom. The Morgan fingerprint density at radius 1 is 1.11 bits per heavy atom. The van der Waals surface area contributed by atoms with Crippen LogP contribution in [-0.2, 0) is 23.6 Å². The summed E-state index contributed by atoms with van der Waals surface area (Å²) in [7, 11) is 0. The number of carbonyl (C=O) groups is 1. The van der Waals surface area contributed by atoms with E-state index in [-0.39, 0.29) is 24.6 Å². The van der Waals surface area contributed by atoms with E-state index >= 15 is 0 Å². The number of benzene rings is 2. The molecule has 0 aliphatic heterocycles. The van der Waals surface area contributed by atoms with Crippen LogP contribution in [-0.4, -0.2) is 21.4 Å². The highest BCUT2D eigenvalue weighted by atomic mass is 32.2. The predicted molar refractivity (Wildman–Crippen MR) is 109 cm³/mol. The monoisotopic (exact) mass is 377 g/mol. The van der Waals surface area contributed by atoms with Crippen molar-refractivity contribution in [1.82, 2.24) is 15.1 Å². The van der Waals surface area contributed by atoms with Crippen molar-refractivity contribution in [2.24, 2.45) is 0 Å². The molecule has 0 aliphatic carbocycles. The van der Waals surface area contributed by atoms with Crippen LogP contribution in [0.3, 0.4) is 0 Å². The van der Waals surface area contributed by atoms with Gasteiger partial charge in [-0.3, -0.25) is 9.59 Å². The lowest BCUT2D eigenvalue weighted by molar-refractivity contribution is -0.118. The molecule has 0 bridgehead atoms. The fourth-order valence-corrected chi connectivity index (χ4v) is 3.52. The number of amides is 1. The van der Waals surface area contributed by atoms with Crippen LogP contribution in [0.5, 0.6) is 0 Å². The summed E-state index contributed by atoms with van der Waals surface area (Å²) in [5, 5.41) is 8.48. The zero-order valence-electron chi connectivity index (χ0n) is 14.7. The van der Waals surface area contributed by atoms with Crippen molar-refractivity contribution in [3.63, 3.8) is 0 Å². The molecule has 0 fully saturated rings. The van der Waals surface area contributed by atoms with Crippen LogP contribution in [0, 0.1) is 12.3 Å². The number of aromatic nitrogens is 2. The summed E-state index contributed by atoms with van der Waals surface area (Å²) < 4.78 is 1.26. The SMILES string of the molecule is C#CCn1nc(CNC(=O)CSCc2ccccc2)c2ccccc2c1=O. The van der Waals surface area contributed by atoms with E-state index < -0.39 is 0 Å². The Bertz CT molecular complexity index is 1040. The van der Waals surface area contributed by atoms with Gasteiger partial charge in [0, 0.05) is 11.1 Å². The summed E-state index contributed by atoms with van der Waals surface area (Å²) in [5.74, 6) is 3.50. The largest absolute Gasteiger partial charge is 0.350 e. The molecule has 0 unspecified atom stereocenters. The molecule has 1 heterocycles. The number of fused-ring (bicyclic) bond motifs is 1. The molecule has 3 aromatic rings. The lowest BCUT2D eigenvalue weighted by Gasteiger charge is -2.10. The maximum atomic E-state index is 12.4. The van der Waals surface area contributed by atoms with Gasteiger partial charge in [0.1, 0.15) is 6.54 Å². The Kier molecular flexibility index (Phi) is 6.29. The summed E-state index contributed by atoms with van der Waals surface area (Å²) in [4.78, 5) is 24.6. The molecule has 0 saturated heterocycles. The predicted octanol–water partition coefficient (Wildman–Crippen LogP) is 2.58. The Morgan fingerprint density at radius 3 is 2.56 bits per heavy atom. The third-order valence-electron chi connectivity index (χ3n) is 3.98. The number of nitrogens with one attached hydrogen (secondary N) is 1. The van der Waals surface area contributed by atoms with E-state index in [0.29, 0.717) is 16.8 Å². The van der Waals surface area contributed by atoms with E-state index in [1.165, 1.54) is 10.2 Å². The second-order valence-electron chi connectivity index (χ2n) is 5.91. The van der Waals surface area contributed by atoms with E-state index in [9.17, 15) is 9.59 Å². The number of carbonyl (C=O) groups excluding carboxylic acids is 1. The van der Waals surface area contributed by atoms with Crippen molar-refractivity contribution in [1.29, 1.82) is 0 Å². The molecule has 1 N–H and O–H groups in total. The molecule has 5 nitrogen and oxygen atoms in total. The number of terminal acetylenes is 1. The molecule has 0 radical (unpaired) electrons. The summed E-state index contributed by atoms with van der Waals surface area (Å²) >= 11 is 1.55. The van der Waals surface area contributed by atoms with Gasteiger partial charge in [0.25, 0.3) is 5.56 Å². The van der Waals surface area contributed by atoms with Crippen LogP contribution < -0.4 is 10.9 Å². The highest BCUT2D eigenvalue weighted by Crippen LogP contribution is 2.14. The van der Waals surface area contributed by atoms with Crippen molar-refractivity contribution in [3.8, 4) is 12.3 Å². The zero-order chi connectivity index (χ0) is 19.1. The van der Waals surface area contributed by atoms with Crippen molar-refractivity contribution < 1.29 is 4.79 Å². The van der Waals surface area contributed by atoms with Crippen molar-refractivity contribution in [2.75, 3.05) is 5.75 Å². The molecule has 27 heavy (non-hydrogen) atoms. The maximum absolute atomic E-state index is 12.4. The van der Waals surface area contributed by atoms with E-state index in [1.54, 1.807) is 23.9 Å². The van der Waals surface area contributed by atoms with Gasteiger partial charge in [0.05, 0.1) is 23.4 Å². The quantitative estimate of drug-likeness (QED) is 0.643. The van der Waals surface area contributed by atoms with Crippen molar-refractivity contribution in [3.05, 3.63) is 76.2 Å². The second-order valence-corrected chi connectivity index (χ2v) is 6.90. The molecule has 3 rings (SSSR count). The van der Waals surface area contributed by atoms with Gasteiger partial charge < -0.3 is 5.32 Å². The molecule has 2 aromatic carbocycles. The number of hydrogen-bond donors (Lipinski definition) is 1. The molecule has 0 aliphatic rings. The Labute approximate surface area is 161 Å². The highest BCUT2D eigenvalue weighted by molar-refractivity contribution is 7.99. The first kappa shape index (κ1) is 18.7. The summed E-state index contributed by atoms with van der Waals surface area (Å²) in [5.41, 5.74) is 1.59.